The van der Waals surface area contributed by atoms with Crippen molar-refractivity contribution in [2.45, 2.75) is 57.1 Å². The predicted molar refractivity (Wildman–Crippen MR) is 74.0 cm³/mol. The largest absolute Gasteiger partial charge is 0.378 e. The summed E-state index contributed by atoms with van der Waals surface area (Å²) >= 11 is 0. The first-order chi connectivity index (χ1) is 9.24. The van der Waals surface area contributed by atoms with Crippen LogP contribution < -0.4 is 5.32 Å². The average molecular weight is 266 g/mol. The van der Waals surface area contributed by atoms with E-state index in [0.717, 1.165) is 31.9 Å². The quantitative estimate of drug-likeness (QED) is 0.852. The molecule has 3 fully saturated rings. The van der Waals surface area contributed by atoms with Crippen molar-refractivity contribution in [3.63, 3.8) is 0 Å². The van der Waals surface area contributed by atoms with Crippen molar-refractivity contribution in [1.82, 2.24) is 10.2 Å². The lowest BCUT2D eigenvalue weighted by Crippen LogP contribution is -2.50. The summed E-state index contributed by atoms with van der Waals surface area (Å²) in [5.41, 5.74) is 0. The van der Waals surface area contributed by atoms with Crippen LogP contribution in [0.3, 0.4) is 0 Å². The molecule has 2 amide bonds. The SMILES string of the molecule is CN(CC1CCC1)C(=O)N[C@@H]1CCC[C@H]2OCC[C@@H]12. The van der Waals surface area contributed by atoms with Crippen LogP contribution in [0.2, 0.25) is 0 Å². The molecule has 0 aromatic carbocycles. The molecule has 0 radical (unpaired) electrons. The molecule has 1 heterocycles. The van der Waals surface area contributed by atoms with Crippen molar-refractivity contribution in [2.75, 3.05) is 20.2 Å². The third-order valence-electron chi connectivity index (χ3n) is 5.19. The summed E-state index contributed by atoms with van der Waals surface area (Å²) < 4.78 is 5.76. The van der Waals surface area contributed by atoms with Crippen LogP contribution in [-0.2, 0) is 4.74 Å². The molecule has 108 valence electrons. The molecule has 1 aliphatic heterocycles. The first-order valence-corrected chi connectivity index (χ1v) is 7.87. The van der Waals surface area contributed by atoms with Gasteiger partial charge in [-0.2, -0.15) is 0 Å². The molecule has 4 nitrogen and oxygen atoms in total. The van der Waals surface area contributed by atoms with Crippen LogP contribution in [-0.4, -0.2) is 43.3 Å². The maximum absolute atomic E-state index is 12.2. The van der Waals surface area contributed by atoms with Crippen molar-refractivity contribution >= 4 is 6.03 Å². The Bertz CT molecular complexity index is 330. The van der Waals surface area contributed by atoms with Crippen LogP contribution in [0.1, 0.15) is 44.9 Å². The summed E-state index contributed by atoms with van der Waals surface area (Å²) in [7, 11) is 1.93. The van der Waals surface area contributed by atoms with Gasteiger partial charge in [-0.25, -0.2) is 4.79 Å². The minimum Gasteiger partial charge on any atom is -0.378 e. The Labute approximate surface area is 115 Å². The number of amides is 2. The fourth-order valence-electron chi connectivity index (χ4n) is 3.77. The highest BCUT2D eigenvalue weighted by Gasteiger charge is 2.38. The zero-order chi connectivity index (χ0) is 13.2. The van der Waals surface area contributed by atoms with Gasteiger partial charge in [0.05, 0.1) is 6.10 Å². The summed E-state index contributed by atoms with van der Waals surface area (Å²) in [5, 5.41) is 3.25. The Balaban J connectivity index is 1.50. The molecular weight excluding hydrogens is 240 g/mol. The Morgan fingerprint density at radius 2 is 2.00 bits per heavy atom. The molecule has 1 N–H and O–H groups in total. The normalized spacial score (nSPS) is 34.5. The lowest BCUT2D eigenvalue weighted by molar-refractivity contribution is 0.0537. The van der Waals surface area contributed by atoms with E-state index in [1.165, 1.54) is 32.1 Å². The van der Waals surface area contributed by atoms with E-state index in [0.29, 0.717) is 18.1 Å². The standard InChI is InChI=1S/C15H26N2O2/c1-17(10-11-4-2-5-11)15(18)16-13-6-3-7-14-12(13)8-9-19-14/h11-14H,2-10H2,1H3,(H,16,18)/t12-,13+,14+/m0/s1. The van der Waals surface area contributed by atoms with E-state index in [2.05, 4.69) is 5.32 Å². The number of nitrogens with one attached hydrogen (secondary N) is 1. The van der Waals surface area contributed by atoms with Gasteiger partial charge in [-0.3, -0.25) is 0 Å². The van der Waals surface area contributed by atoms with Gasteiger partial charge in [0.1, 0.15) is 0 Å². The second-order valence-electron chi connectivity index (χ2n) is 6.53. The number of hydrogen-bond donors (Lipinski definition) is 1. The number of carbonyl (C=O) groups is 1. The Hall–Kier alpha value is -0.770. The molecule has 3 rings (SSSR count). The molecule has 3 aliphatic rings. The van der Waals surface area contributed by atoms with Gasteiger partial charge < -0.3 is 15.0 Å². The lowest BCUT2D eigenvalue weighted by atomic mass is 9.82. The van der Waals surface area contributed by atoms with E-state index < -0.39 is 0 Å². The van der Waals surface area contributed by atoms with Crippen LogP contribution in [0, 0.1) is 11.8 Å². The second-order valence-corrected chi connectivity index (χ2v) is 6.53. The first-order valence-electron chi connectivity index (χ1n) is 7.87. The van der Waals surface area contributed by atoms with E-state index in [9.17, 15) is 4.79 Å². The number of carbonyl (C=O) groups excluding carboxylic acids is 1. The van der Waals surface area contributed by atoms with Gasteiger partial charge >= 0.3 is 6.03 Å². The van der Waals surface area contributed by atoms with Crippen LogP contribution in [0.25, 0.3) is 0 Å². The van der Waals surface area contributed by atoms with Crippen molar-refractivity contribution in [1.29, 1.82) is 0 Å². The van der Waals surface area contributed by atoms with Crippen molar-refractivity contribution in [3.05, 3.63) is 0 Å². The third kappa shape index (κ3) is 2.88. The zero-order valence-electron chi connectivity index (χ0n) is 11.9. The zero-order valence-corrected chi connectivity index (χ0v) is 11.9. The number of fused-ring (bicyclic) bond motifs is 1. The van der Waals surface area contributed by atoms with Crippen LogP contribution in [0.15, 0.2) is 0 Å². The highest BCUT2D eigenvalue weighted by Crippen LogP contribution is 2.34. The lowest BCUT2D eigenvalue weighted by Gasteiger charge is -2.35. The second kappa shape index (κ2) is 5.70. The van der Waals surface area contributed by atoms with E-state index in [-0.39, 0.29) is 6.03 Å². The summed E-state index contributed by atoms with van der Waals surface area (Å²) in [6, 6.07) is 0.446. The van der Waals surface area contributed by atoms with Gasteiger partial charge in [0.2, 0.25) is 0 Å². The van der Waals surface area contributed by atoms with Crippen molar-refractivity contribution in [3.8, 4) is 0 Å². The molecule has 0 bridgehead atoms. The highest BCUT2D eigenvalue weighted by molar-refractivity contribution is 5.74. The number of hydrogen-bond acceptors (Lipinski definition) is 2. The number of nitrogens with zero attached hydrogens (tertiary/aromatic N) is 1. The maximum atomic E-state index is 12.2. The molecular formula is C15H26N2O2. The number of urea groups is 1. The molecule has 0 spiro atoms. The van der Waals surface area contributed by atoms with Crippen LogP contribution in [0.4, 0.5) is 4.79 Å². The molecule has 2 saturated carbocycles. The van der Waals surface area contributed by atoms with Crippen LogP contribution in [0.5, 0.6) is 0 Å². The Morgan fingerprint density at radius 1 is 1.21 bits per heavy atom. The van der Waals surface area contributed by atoms with Crippen LogP contribution >= 0.6 is 0 Å². The number of ether oxygens (including phenoxy) is 1. The molecule has 1 saturated heterocycles. The summed E-state index contributed by atoms with van der Waals surface area (Å²) in [6.07, 6.45) is 8.90. The maximum Gasteiger partial charge on any atom is 0.317 e. The Kier molecular flexibility index (Phi) is 3.96. The first kappa shape index (κ1) is 13.2. The summed E-state index contributed by atoms with van der Waals surface area (Å²) in [6.45, 7) is 1.79. The molecule has 2 aliphatic carbocycles. The van der Waals surface area contributed by atoms with Crippen molar-refractivity contribution in [2.24, 2.45) is 11.8 Å². The van der Waals surface area contributed by atoms with E-state index >= 15 is 0 Å². The monoisotopic (exact) mass is 266 g/mol. The van der Waals surface area contributed by atoms with Gasteiger partial charge in [-0.15, -0.1) is 0 Å². The summed E-state index contributed by atoms with van der Waals surface area (Å²) in [4.78, 5) is 14.1. The molecule has 3 atom stereocenters. The van der Waals surface area contributed by atoms with E-state index in [1.807, 2.05) is 11.9 Å². The smallest absolute Gasteiger partial charge is 0.317 e. The van der Waals surface area contributed by atoms with Gasteiger partial charge in [0.25, 0.3) is 0 Å². The molecule has 0 unspecified atom stereocenters. The average Bonchev–Trinajstić information content (AvgIpc) is 2.82. The molecule has 19 heavy (non-hydrogen) atoms. The van der Waals surface area contributed by atoms with Gasteiger partial charge in [0, 0.05) is 32.2 Å². The van der Waals surface area contributed by atoms with E-state index in [4.69, 9.17) is 4.74 Å². The predicted octanol–water partition coefficient (Wildman–Crippen LogP) is 2.39. The Morgan fingerprint density at radius 3 is 2.74 bits per heavy atom. The minimum atomic E-state index is 0.115. The molecule has 0 aromatic heterocycles. The molecule has 4 heteroatoms. The van der Waals surface area contributed by atoms with Crippen molar-refractivity contribution < 1.29 is 9.53 Å². The van der Waals surface area contributed by atoms with Gasteiger partial charge in [0.15, 0.2) is 0 Å². The minimum absolute atomic E-state index is 0.115. The molecule has 0 aromatic rings. The topological polar surface area (TPSA) is 41.6 Å². The van der Waals surface area contributed by atoms with E-state index in [1.54, 1.807) is 0 Å². The summed E-state index contributed by atoms with van der Waals surface area (Å²) in [5.74, 6) is 1.29. The highest BCUT2D eigenvalue weighted by atomic mass is 16.5. The fourth-order valence-corrected chi connectivity index (χ4v) is 3.77. The fraction of sp³-hybridized carbons (Fsp3) is 0.933. The van der Waals surface area contributed by atoms with Gasteiger partial charge in [-0.1, -0.05) is 6.42 Å². The number of rotatable bonds is 3. The van der Waals surface area contributed by atoms with Gasteiger partial charge in [-0.05, 0) is 44.4 Å². The third-order valence-corrected chi connectivity index (χ3v) is 5.19.